The van der Waals surface area contributed by atoms with E-state index in [2.05, 4.69) is 5.32 Å². The molecule has 0 bridgehead atoms. The van der Waals surface area contributed by atoms with Gasteiger partial charge < -0.3 is 11.1 Å². The number of carbonyl (C=O) groups is 1. The minimum atomic E-state index is -0.446. The Bertz CT molecular complexity index is 422. The van der Waals surface area contributed by atoms with Crippen LogP contribution in [0, 0.1) is 5.82 Å². The van der Waals surface area contributed by atoms with Gasteiger partial charge in [-0.1, -0.05) is 32.0 Å². The van der Waals surface area contributed by atoms with E-state index >= 15 is 0 Å². The maximum atomic E-state index is 13.7. The first-order valence-corrected chi connectivity index (χ1v) is 6.10. The van der Waals surface area contributed by atoms with E-state index < -0.39 is 5.41 Å². The predicted octanol–water partition coefficient (Wildman–Crippen LogP) is 2.38. The molecule has 5 heteroatoms. The van der Waals surface area contributed by atoms with Crippen molar-refractivity contribution >= 4 is 18.3 Å². The number of carbonyl (C=O) groups excluding carboxylic acids is 1. The van der Waals surface area contributed by atoms with Crippen molar-refractivity contribution < 1.29 is 9.18 Å². The van der Waals surface area contributed by atoms with E-state index in [1.165, 1.54) is 6.07 Å². The number of rotatable bonds is 5. The number of amides is 1. The van der Waals surface area contributed by atoms with Crippen LogP contribution in [0.5, 0.6) is 0 Å². The first-order valence-electron chi connectivity index (χ1n) is 6.10. The Labute approximate surface area is 120 Å². The summed E-state index contributed by atoms with van der Waals surface area (Å²) in [5.41, 5.74) is 5.70. The molecule has 0 spiro atoms. The van der Waals surface area contributed by atoms with Crippen LogP contribution in [0.3, 0.4) is 0 Å². The van der Waals surface area contributed by atoms with E-state index in [4.69, 9.17) is 5.73 Å². The van der Waals surface area contributed by atoms with Crippen molar-refractivity contribution in [3.63, 3.8) is 0 Å². The van der Waals surface area contributed by atoms with Crippen LogP contribution in [0.1, 0.15) is 32.8 Å². The van der Waals surface area contributed by atoms with Gasteiger partial charge >= 0.3 is 0 Å². The van der Waals surface area contributed by atoms with Crippen LogP contribution in [-0.4, -0.2) is 18.5 Å². The third-order valence-corrected chi connectivity index (χ3v) is 2.84. The molecule has 0 fully saturated rings. The third-order valence-electron chi connectivity index (χ3n) is 2.84. The topological polar surface area (TPSA) is 55.1 Å². The Morgan fingerprint density at radius 3 is 2.53 bits per heavy atom. The first-order chi connectivity index (χ1) is 8.33. The van der Waals surface area contributed by atoms with Crippen molar-refractivity contribution in [3.8, 4) is 0 Å². The van der Waals surface area contributed by atoms with Gasteiger partial charge in [-0.2, -0.15) is 0 Å². The molecule has 108 valence electrons. The van der Waals surface area contributed by atoms with E-state index in [1.54, 1.807) is 25.1 Å². The Morgan fingerprint density at radius 2 is 2.00 bits per heavy atom. The highest BCUT2D eigenvalue weighted by Crippen LogP contribution is 2.24. The normalized spacial score (nSPS) is 12.5. The Balaban J connectivity index is 0.00000324. The van der Waals surface area contributed by atoms with Gasteiger partial charge in [0.2, 0.25) is 5.91 Å². The van der Waals surface area contributed by atoms with Crippen molar-refractivity contribution in [1.29, 1.82) is 0 Å². The summed E-state index contributed by atoms with van der Waals surface area (Å²) in [5, 5.41) is 2.79. The molecular weight excluding hydrogens is 267 g/mol. The van der Waals surface area contributed by atoms with Gasteiger partial charge in [0, 0.05) is 24.4 Å². The fourth-order valence-electron chi connectivity index (χ4n) is 1.79. The van der Waals surface area contributed by atoms with Gasteiger partial charge in [0.25, 0.3) is 0 Å². The van der Waals surface area contributed by atoms with Crippen LogP contribution in [0.2, 0.25) is 0 Å². The van der Waals surface area contributed by atoms with Crippen LogP contribution in [0.15, 0.2) is 24.3 Å². The van der Waals surface area contributed by atoms with Crippen molar-refractivity contribution in [1.82, 2.24) is 5.32 Å². The average molecular weight is 289 g/mol. The van der Waals surface area contributed by atoms with Gasteiger partial charge in [0.1, 0.15) is 5.82 Å². The summed E-state index contributed by atoms with van der Waals surface area (Å²) in [4.78, 5) is 11.5. The highest BCUT2D eigenvalue weighted by molar-refractivity contribution is 5.85. The maximum Gasteiger partial charge on any atom is 0.221 e. The molecule has 19 heavy (non-hydrogen) atoms. The number of nitrogens with two attached hydrogens (primary N) is 1. The Hall–Kier alpha value is -1.13. The van der Waals surface area contributed by atoms with Gasteiger partial charge in [-0.3, -0.25) is 4.79 Å². The molecule has 0 saturated carbocycles. The smallest absolute Gasteiger partial charge is 0.221 e. The lowest BCUT2D eigenvalue weighted by Gasteiger charge is -2.26. The van der Waals surface area contributed by atoms with Crippen molar-refractivity contribution in [3.05, 3.63) is 35.6 Å². The van der Waals surface area contributed by atoms with Gasteiger partial charge in [0.15, 0.2) is 0 Å². The van der Waals surface area contributed by atoms with Gasteiger partial charge in [0.05, 0.1) is 0 Å². The largest absolute Gasteiger partial charge is 0.355 e. The highest BCUT2D eigenvalue weighted by Gasteiger charge is 2.24. The number of hydrogen-bond donors (Lipinski definition) is 2. The summed E-state index contributed by atoms with van der Waals surface area (Å²) in [6.07, 6.45) is 0.285. The quantitative estimate of drug-likeness (QED) is 0.874. The molecule has 1 amide bonds. The molecule has 1 unspecified atom stereocenters. The molecule has 0 aliphatic carbocycles. The summed E-state index contributed by atoms with van der Waals surface area (Å²) in [7, 11) is 0. The minimum Gasteiger partial charge on any atom is -0.355 e. The monoisotopic (exact) mass is 288 g/mol. The number of halogens is 2. The second kappa shape index (κ2) is 7.46. The molecule has 1 aromatic carbocycles. The minimum absolute atomic E-state index is 0. The van der Waals surface area contributed by atoms with E-state index in [1.807, 2.05) is 13.8 Å². The van der Waals surface area contributed by atoms with Crippen molar-refractivity contribution in [2.24, 2.45) is 5.73 Å². The number of benzene rings is 1. The Morgan fingerprint density at radius 1 is 1.42 bits per heavy atom. The fourth-order valence-corrected chi connectivity index (χ4v) is 1.79. The molecule has 0 aromatic heterocycles. The maximum absolute atomic E-state index is 13.7. The molecule has 1 rings (SSSR count). The van der Waals surface area contributed by atoms with Crippen molar-refractivity contribution in [2.45, 2.75) is 38.6 Å². The molecule has 0 aliphatic rings. The van der Waals surface area contributed by atoms with Crippen molar-refractivity contribution in [2.75, 3.05) is 6.54 Å². The lowest BCUT2D eigenvalue weighted by Crippen LogP contribution is -2.39. The second-order valence-corrected chi connectivity index (χ2v) is 5.32. The average Bonchev–Trinajstić information content (AvgIpc) is 2.26. The summed E-state index contributed by atoms with van der Waals surface area (Å²) >= 11 is 0. The molecule has 1 atom stereocenters. The number of hydrogen-bond acceptors (Lipinski definition) is 2. The lowest BCUT2D eigenvalue weighted by molar-refractivity contribution is -0.121. The van der Waals surface area contributed by atoms with E-state index in [0.717, 1.165) is 0 Å². The zero-order valence-electron chi connectivity index (χ0n) is 11.6. The van der Waals surface area contributed by atoms with Gasteiger partial charge in [-0.25, -0.2) is 4.39 Å². The molecular formula is C14H22ClFN2O. The van der Waals surface area contributed by atoms with Gasteiger partial charge in [-0.05, 0) is 18.6 Å². The molecule has 3 nitrogen and oxygen atoms in total. The van der Waals surface area contributed by atoms with Crippen LogP contribution < -0.4 is 11.1 Å². The van der Waals surface area contributed by atoms with E-state index in [0.29, 0.717) is 12.1 Å². The van der Waals surface area contributed by atoms with Crippen LogP contribution in [-0.2, 0) is 10.2 Å². The Kier molecular flexibility index (Phi) is 7.01. The molecule has 1 aromatic rings. The second-order valence-electron chi connectivity index (χ2n) is 5.32. The summed E-state index contributed by atoms with van der Waals surface area (Å²) in [5.74, 6) is -0.349. The summed E-state index contributed by atoms with van der Waals surface area (Å²) in [6, 6.07) is 6.46. The SMILES string of the molecule is CC(N)CC(=O)NCC(C)(C)c1ccccc1F.Cl. The first kappa shape index (κ1) is 17.9. The van der Waals surface area contributed by atoms with Gasteiger partial charge in [-0.15, -0.1) is 12.4 Å². The third kappa shape index (κ3) is 5.57. The molecule has 0 saturated heterocycles. The molecule has 0 aliphatic heterocycles. The lowest BCUT2D eigenvalue weighted by atomic mass is 9.84. The molecule has 0 heterocycles. The highest BCUT2D eigenvalue weighted by atomic mass is 35.5. The zero-order valence-corrected chi connectivity index (χ0v) is 12.4. The molecule has 0 radical (unpaired) electrons. The van der Waals surface area contributed by atoms with Crippen LogP contribution in [0.4, 0.5) is 4.39 Å². The summed E-state index contributed by atoms with van der Waals surface area (Å²) in [6.45, 7) is 5.97. The zero-order chi connectivity index (χ0) is 13.8. The number of nitrogens with one attached hydrogen (secondary N) is 1. The summed E-state index contributed by atoms with van der Waals surface area (Å²) < 4.78 is 13.7. The van der Waals surface area contributed by atoms with Crippen LogP contribution in [0.25, 0.3) is 0 Å². The standard InChI is InChI=1S/C14H21FN2O.ClH/c1-10(16)8-13(18)17-9-14(2,3)11-6-4-5-7-12(11)15;/h4-7,10H,8-9,16H2,1-3H3,(H,17,18);1H. The fraction of sp³-hybridized carbons (Fsp3) is 0.500. The van der Waals surface area contributed by atoms with E-state index in [9.17, 15) is 9.18 Å². The van der Waals surface area contributed by atoms with Crippen LogP contribution >= 0.6 is 12.4 Å². The predicted molar refractivity (Wildman–Crippen MR) is 78.0 cm³/mol. The van der Waals surface area contributed by atoms with E-state index in [-0.39, 0.29) is 36.6 Å². The molecule has 3 N–H and O–H groups in total.